The van der Waals surface area contributed by atoms with Crippen molar-refractivity contribution in [3.63, 3.8) is 0 Å². The highest BCUT2D eigenvalue weighted by atomic mass is 35.5. The highest BCUT2D eigenvalue weighted by molar-refractivity contribution is 7.99. The van der Waals surface area contributed by atoms with Crippen molar-refractivity contribution in [2.24, 2.45) is 0 Å². The predicted molar refractivity (Wildman–Crippen MR) is 79.5 cm³/mol. The van der Waals surface area contributed by atoms with E-state index in [0.717, 1.165) is 21.2 Å². The van der Waals surface area contributed by atoms with Crippen LogP contribution in [0, 0.1) is 0 Å². The molecule has 2 nitrogen and oxygen atoms in total. The van der Waals surface area contributed by atoms with Crippen molar-refractivity contribution in [3.8, 4) is 0 Å². The molecule has 2 aromatic rings. The fraction of sp³-hybridized carbons (Fsp3) is 0.133. The van der Waals surface area contributed by atoms with Crippen molar-refractivity contribution >= 4 is 40.6 Å². The number of halogens is 1. The zero-order valence-electron chi connectivity index (χ0n) is 10.4. The van der Waals surface area contributed by atoms with Crippen LogP contribution >= 0.6 is 23.4 Å². The number of nitrogens with zero attached hydrogens (tertiary/aromatic N) is 1. The molecule has 0 unspecified atom stereocenters. The summed E-state index contributed by atoms with van der Waals surface area (Å²) < 4.78 is 0. The molecule has 1 aliphatic rings. The Morgan fingerprint density at radius 1 is 1.16 bits per heavy atom. The lowest BCUT2D eigenvalue weighted by molar-refractivity contribution is -0.117. The molecular weight excluding hydrogens is 278 g/mol. The second-order valence-corrected chi connectivity index (χ2v) is 5.73. The summed E-state index contributed by atoms with van der Waals surface area (Å²) >= 11 is 7.95. The molecule has 0 atom stereocenters. The Kier molecular flexibility index (Phi) is 3.25. The molecule has 0 radical (unpaired) electrons. The van der Waals surface area contributed by atoms with E-state index in [1.807, 2.05) is 49.4 Å². The maximum Gasteiger partial charge on any atom is 0.231 e. The number of benzene rings is 2. The Hall–Kier alpha value is -1.45. The Morgan fingerprint density at radius 3 is 2.68 bits per heavy atom. The van der Waals surface area contributed by atoms with E-state index in [1.54, 1.807) is 16.7 Å². The van der Waals surface area contributed by atoms with Crippen LogP contribution in [0.15, 0.2) is 52.3 Å². The second-order valence-electron chi connectivity index (χ2n) is 4.24. The molecule has 0 fully saturated rings. The van der Waals surface area contributed by atoms with Crippen molar-refractivity contribution in [1.29, 1.82) is 0 Å². The first-order valence-corrected chi connectivity index (χ1v) is 7.30. The monoisotopic (exact) mass is 289 g/mol. The average Bonchev–Trinajstić information content (AvgIpc) is 2.44. The number of rotatable bonds is 1. The van der Waals surface area contributed by atoms with Crippen molar-refractivity contribution in [1.82, 2.24) is 0 Å². The lowest BCUT2D eigenvalue weighted by Gasteiger charge is -2.31. The Bertz CT molecular complexity index is 656. The summed E-state index contributed by atoms with van der Waals surface area (Å²) in [7, 11) is 0. The van der Waals surface area contributed by atoms with Crippen molar-refractivity contribution in [3.05, 3.63) is 47.5 Å². The third-order valence-corrected chi connectivity index (χ3v) is 4.47. The smallest absolute Gasteiger partial charge is 0.231 e. The number of para-hydroxylation sites is 2. The second kappa shape index (κ2) is 4.91. The SMILES string of the molecule is CCC(=O)N1c2ccccc2Sc2cccc(Cl)c21. The first-order chi connectivity index (χ1) is 9.22. The maximum atomic E-state index is 12.3. The van der Waals surface area contributed by atoms with Crippen LogP contribution < -0.4 is 4.90 Å². The minimum atomic E-state index is 0.0575. The molecule has 0 bridgehead atoms. The summed E-state index contributed by atoms with van der Waals surface area (Å²) in [5.74, 6) is 0.0575. The molecule has 0 N–H and O–H groups in total. The van der Waals surface area contributed by atoms with E-state index in [2.05, 4.69) is 0 Å². The fourth-order valence-electron chi connectivity index (χ4n) is 2.18. The van der Waals surface area contributed by atoms with Gasteiger partial charge in [0.05, 0.1) is 16.4 Å². The van der Waals surface area contributed by atoms with Crippen LogP contribution in [0.1, 0.15) is 13.3 Å². The first kappa shape index (κ1) is 12.6. The summed E-state index contributed by atoms with van der Waals surface area (Å²) in [6.45, 7) is 1.86. The molecule has 0 saturated carbocycles. The number of amides is 1. The van der Waals surface area contributed by atoms with E-state index < -0.39 is 0 Å². The summed E-state index contributed by atoms with van der Waals surface area (Å²) in [6, 6.07) is 13.6. The topological polar surface area (TPSA) is 20.3 Å². The Balaban J connectivity index is 2.25. The van der Waals surface area contributed by atoms with Gasteiger partial charge in [-0.05, 0) is 24.3 Å². The molecule has 1 aliphatic heterocycles. The van der Waals surface area contributed by atoms with Gasteiger partial charge in [0.2, 0.25) is 5.91 Å². The lowest BCUT2D eigenvalue weighted by Crippen LogP contribution is -2.27. The zero-order chi connectivity index (χ0) is 13.4. The molecule has 2 aromatic carbocycles. The number of fused-ring (bicyclic) bond motifs is 2. The molecule has 4 heteroatoms. The van der Waals surface area contributed by atoms with Crippen molar-refractivity contribution in [2.75, 3.05) is 4.90 Å². The highest BCUT2D eigenvalue weighted by Crippen LogP contribution is 2.50. The van der Waals surface area contributed by atoms with E-state index in [1.165, 1.54) is 0 Å². The van der Waals surface area contributed by atoms with Gasteiger partial charge in [-0.25, -0.2) is 0 Å². The fourth-order valence-corrected chi connectivity index (χ4v) is 3.59. The third kappa shape index (κ3) is 2.03. The normalized spacial score (nSPS) is 12.8. The summed E-state index contributed by atoms with van der Waals surface area (Å²) in [5, 5.41) is 0.612. The standard InChI is InChI=1S/C15H12ClNOS/c1-2-14(18)17-11-7-3-4-8-12(11)19-13-9-5-6-10(16)15(13)17/h3-9H,2H2,1H3. The highest BCUT2D eigenvalue weighted by Gasteiger charge is 2.28. The Labute approximate surface area is 121 Å². The summed E-state index contributed by atoms with van der Waals surface area (Å²) in [4.78, 5) is 16.1. The number of hydrogen-bond acceptors (Lipinski definition) is 2. The molecule has 96 valence electrons. The zero-order valence-corrected chi connectivity index (χ0v) is 12.0. The van der Waals surface area contributed by atoms with E-state index in [-0.39, 0.29) is 5.91 Å². The summed E-state index contributed by atoms with van der Waals surface area (Å²) in [5.41, 5.74) is 1.72. The van der Waals surface area contributed by atoms with E-state index in [9.17, 15) is 4.79 Å². The van der Waals surface area contributed by atoms with Gasteiger partial charge in [-0.15, -0.1) is 0 Å². The van der Waals surface area contributed by atoms with Gasteiger partial charge < -0.3 is 0 Å². The number of carbonyl (C=O) groups is 1. The van der Waals surface area contributed by atoms with Crippen LogP contribution in [-0.2, 0) is 4.79 Å². The van der Waals surface area contributed by atoms with Gasteiger partial charge in [0.15, 0.2) is 0 Å². The summed E-state index contributed by atoms with van der Waals surface area (Å²) in [6.07, 6.45) is 0.448. The Morgan fingerprint density at radius 2 is 1.89 bits per heavy atom. The number of carbonyl (C=O) groups excluding carboxylic acids is 1. The maximum absolute atomic E-state index is 12.3. The molecule has 3 rings (SSSR count). The molecule has 19 heavy (non-hydrogen) atoms. The minimum absolute atomic E-state index is 0.0575. The molecule has 0 aromatic heterocycles. The largest absolute Gasteiger partial charge is 0.277 e. The number of hydrogen-bond donors (Lipinski definition) is 0. The molecule has 0 aliphatic carbocycles. The van der Waals surface area contributed by atoms with Crippen LogP contribution in [0.2, 0.25) is 5.02 Å². The van der Waals surface area contributed by atoms with Crippen LogP contribution in [0.25, 0.3) is 0 Å². The van der Waals surface area contributed by atoms with Gasteiger partial charge in [0.1, 0.15) is 0 Å². The van der Waals surface area contributed by atoms with Crippen molar-refractivity contribution < 1.29 is 4.79 Å². The van der Waals surface area contributed by atoms with Crippen molar-refractivity contribution in [2.45, 2.75) is 23.1 Å². The minimum Gasteiger partial charge on any atom is -0.277 e. The molecule has 1 heterocycles. The molecule has 0 spiro atoms. The predicted octanol–water partition coefficient (Wildman–Crippen LogP) is 4.88. The van der Waals surface area contributed by atoms with Gasteiger partial charge in [-0.1, -0.05) is 48.5 Å². The van der Waals surface area contributed by atoms with Gasteiger partial charge in [-0.3, -0.25) is 9.69 Å². The van der Waals surface area contributed by atoms with E-state index in [4.69, 9.17) is 11.6 Å². The van der Waals surface area contributed by atoms with Gasteiger partial charge in [0.25, 0.3) is 0 Å². The molecule has 1 amide bonds. The van der Waals surface area contributed by atoms with Gasteiger partial charge in [0, 0.05) is 16.2 Å². The van der Waals surface area contributed by atoms with E-state index in [0.29, 0.717) is 11.4 Å². The lowest BCUT2D eigenvalue weighted by atomic mass is 10.2. The van der Waals surface area contributed by atoms with Gasteiger partial charge in [-0.2, -0.15) is 0 Å². The third-order valence-electron chi connectivity index (χ3n) is 3.05. The van der Waals surface area contributed by atoms with Gasteiger partial charge >= 0.3 is 0 Å². The van der Waals surface area contributed by atoms with Crippen LogP contribution in [0.5, 0.6) is 0 Å². The number of anilines is 2. The molecule has 0 saturated heterocycles. The van der Waals surface area contributed by atoms with Crippen LogP contribution in [0.4, 0.5) is 11.4 Å². The van der Waals surface area contributed by atoms with E-state index >= 15 is 0 Å². The first-order valence-electron chi connectivity index (χ1n) is 6.10. The van der Waals surface area contributed by atoms with Crippen LogP contribution in [0.3, 0.4) is 0 Å². The quantitative estimate of drug-likeness (QED) is 0.746. The molecular formula is C15H12ClNOS. The average molecular weight is 290 g/mol. The van der Waals surface area contributed by atoms with Crippen LogP contribution in [-0.4, -0.2) is 5.91 Å².